The summed E-state index contributed by atoms with van der Waals surface area (Å²) < 4.78 is 14.7. The Kier molecular flexibility index (Phi) is 10.0. The monoisotopic (exact) mass is 204 g/mol. The van der Waals surface area contributed by atoms with Gasteiger partial charge in [-0.15, -0.1) is 0 Å². The van der Waals surface area contributed by atoms with Crippen molar-refractivity contribution in [1.82, 2.24) is 0 Å². The Labute approximate surface area is 85.5 Å². The molecule has 0 heterocycles. The molecule has 0 radical (unpaired) electrons. The first-order valence-electron chi connectivity index (χ1n) is 5.03. The highest BCUT2D eigenvalue weighted by Crippen LogP contribution is 1.93. The molecule has 0 saturated heterocycles. The van der Waals surface area contributed by atoms with Crippen LogP contribution in [0.3, 0.4) is 0 Å². The molecule has 0 bridgehead atoms. The average molecular weight is 204 g/mol. The second-order valence-corrected chi connectivity index (χ2v) is 2.95. The summed E-state index contributed by atoms with van der Waals surface area (Å²) in [6, 6.07) is 0. The molecular weight excluding hydrogens is 184 g/mol. The van der Waals surface area contributed by atoms with Crippen molar-refractivity contribution in [3.8, 4) is 0 Å². The first-order valence-corrected chi connectivity index (χ1v) is 5.03. The average Bonchev–Trinajstić information content (AvgIpc) is 2.21. The Hall–Kier alpha value is -0.610. The van der Waals surface area contributed by atoms with E-state index in [0.717, 1.165) is 13.0 Å². The zero-order valence-corrected chi connectivity index (χ0v) is 9.08. The van der Waals surface area contributed by atoms with Gasteiger partial charge in [-0.2, -0.15) is 0 Å². The maximum atomic E-state index is 10.6. The molecule has 0 aliphatic heterocycles. The molecule has 0 amide bonds. The standard InChI is InChI=1S/C10H20O4/c1-3-4-5-6-13-7-8-14-9-10(11)12-2/h3-9H2,1-2H3. The van der Waals surface area contributed by atoms with E-state index >= 15 is 0 Å². The van der Waals surface area contributed by atoms with E-state index in [2.05, 4.69) is 11.7 Å². The van der Waals surface area contributed by atoms with E-state index in [0.29, 0.717) is 13.2 Å². The van der Waals surface area contributed by atoms with Gasteiger partial charge in [0.25, 0.3) is 0 Å². The van der Waals surface area contributed by atoms with E-state index in [-0.39, 0.29) is 12.6 Å². The summed E-state index contributed by atoms with van der Waals surface area (Å²) in [5.41, 5.74) is 0. The highest BCUT2D eigenvalue weighted by Gasteiger charge is 1.98. The van der Waals surface area contributed by atoms with Crippen molar-refractivity contribution in [3.05, 3.63) is 0 Å². The van der Waals surface area contributed by atoms with Crippen LogP contribution in [0.5, 0.6) is 0 Å². The Balaban J connectivity index is 2.95. The quantitative estimate of drug-likeness (QED) is 0.420. The highest BCUT2D eigenvalue weighted by atomic mass is 16.6. The zero-order valence-electron chi connectivity index (χ0n) is 9.08. The van der Waals surface area contributed by atoms with Gasteiger partial charge in [0.2, 0.25) is 0 Å². The van der Waals surface area contributed by atoms with Crippen molar-refractivity contribution in [2.45, 2.75) is 26.2 Å². The summed E-state index contributed by atoms with van der Waals surface area (Å²) in [5.74, 6) is -0.351. The van der Waals surface area contributed by atoms with Crippen LogP contribution in [0.25, 0.3) is 0 Å². The number of unbranched alkanes of at least 4 members (excludes halogenated alkanes) is 2. The molecule has 0 spiro atoms. The van der Waals surface area contributed by atoms with Gasteiger partial charge in [-0.05, 0) is 6.42 Å². The third-order valence-electron chi connectivity index (χ3n) is 1.71. The molecule has 4 nitrogen and oxygen atoms in total. The van der Waals surface area contributed by atoms with Crippen LogP contribution >= 0.6 is 0 Å². The third kappa shape index (κ3) is 9.48. The summed E-state index contributed by atoms with van der Waals surface area (Å²) in [6.45, 7) is 3.92. The maximum absolute atomic E-state index is 10.6. The van der Waals surface area contributed by atoms with Crippen LogP contribution < -0.4 is 0 Å². The molecule has 0 aromatic heterocycles. The van der Waals surface area contributed by atoms with Gasteiger partial charge in [0.1, 0.15) is 6.61 Å². The van der Waals surface area contributed by atoms with Crippen molar-refractivity contribution < 1.29 is 19.0 Å². The molecule has 0 aromatic rings. The minimum Gasteiger partial charge on any atom is -0.467 e. The lowest BCUT2D eigenvalue weighted by Gasteiger charge is -2.04. The molecule has 14 heavy (non-hydrogen) atoms. The summed E-state index contributed by atoms with van der Waals surface area (Å²) in [7, 11) is 1.34. The predicted octanol–water partition coefficient (Wildman–Crippen LogP) is 1.38. The van der Waals surface area contributed by atoms with Gasteiger partial charge in [-0.25, -0.2) is 4.79 Å². The normalized spacial score (nSPS) is 10.1. The van der Waals surface area contributed by atoms with Crippen LogP contribution in [-0.2, 0) is 19.0 Å². The molecule has 0 unspecified atom stereocenters. The molecule has 0 aromatic carbocycles. The van der Waals surface area contributed by atoms with E-state index in [4.69, 9.17) is 9.47 Å². The van der Waals surface area contributed by atoms with Crippen LogP contribution in [0.2, 0.25) is 0 Å². The van der Waals surface area contributed by atoms with Crippen LogP contribution in [0.15, 0.2) is 0 Å². The van der Waals surface area contributed by atoms with E-state index in [1.165, 1.54) is 20.0 Å². The van der Waals surface area contributed by atoms with Crippen LogP contribution in [-0.4, -0.2) is 39.5 Å². The first kappa shape index (κ1) is 13.4. The largest absolute Gasteiger partial charge is 0.467 e. The molecule has 0 fully saturated rings. The summed E-state index contributed by atoms with van der Waals surface area (Å²) >= 11 is 0. The Bertz CT molecular complexity index is 136. The molecule has 0 atom stereocenters. The predicted molar refractivity (Wildman–Crippen MR) is 53.2 cm³/mol. The highest BCUT2D eigenvalue weighted by molar-refractivity contribution is 5.70. The Morgan fingerprint density at radius 2 is 1.79 bits per heavy atom. The molecule has 0 N–H and O–H groups in total. The summed E-state index contributed by atoms with van der Waals surface area (Å²) in [5, 5.41) is 0. The number of hydrogen-bond acceptors (Lipinski definition) is 4. The van der Waals surface area contributed by atoms with Crippen molar-refractivity contribution in [2.24, 2.45) is 0 Å². The fourth-order valence-electron chi connectivity index (χ4n) is 0.888. The molecule has 0 rings (SSSR count). The van der Waals surface area contributed by atoms with Gasteiger partial charge >= 0.3 is 5.97 Å². The summed E-state index contributed by atoms with van der Waals surface area (Å²) in [4.78, 5) is 10.6. The van der Waals surface area contributed by atoms with Crippen LogP contribution in [0, 0.1) is 0 Å². The fraction of sp³-hybridized carbons (Fsp3) is 0.900. The topological polar surface area (TPSA) is 44.8 Å². The van der Waals surface area contributed by atoms with E-state index in [1.807, 2.05) is 0 Å². The third-order valence-corrected chi connectivity index (χ3v) is 1.71. The fourth-order valence-corrected chi connectivity index (χ4v) is 0.888. The maximum Gasteiger partial charge on any atom is 0.331 e. The van der Waals surface area contributed by atoms with Crippen molar-refractivity contribution in [3.63, 3.8) is 0 Å². The van der Waals surface area contributed by atoms with Crippen molar-refractivity contribution >= 4 is 5.97 Å². The molecule has 0 saturated carbocycles. The first-order chi connectivity index (χ1) is 6.81. The summed E-state index contributed by atoms with van der Waals surface area (Å²) in [6.07, 6.45) is 3.48. The van der Waals surface area contributed by atoms with E-state index in [1.54, 1.807) is 0 Å². The van der Waals surface area contributed by atoms with Gasteiger partial charge in [-0.1, -0.05) is 19.8 Å². The molecular formula is C10H20O4. The zero-order chi connectivity index (χ0) is 10.6. The second-order valence-electron chi connectivity index (χ2n) is 2.95. The second kappa shape index (κ2) is 10.5. The number of esters is 1. The minimum absolute atomic E-state index is 0.00875. The number of rotatable bonds is 9. The van der Waals surface area contributed by atoms with Gasteiger partial charge in [-0.3, -0.25) is 0 Å². The number of methoxy groups -OCH3 is 1. The van der Waals surface area contributed by atoms with Gasteiger partial charge < -0.3 is 14.2 Å². The smallest absolute Gasteiger partial charge is 0.331 e. The SMILES string of the molecule is CCCCCOCCOCC(=O)OC. The Morgan fingerprint density at radius 3 is 2.43 bits per heavy atom. The van der Waals surface area contributed by atoms with Crippen LogP contribution in [0.4, 0.5) is 0 Å². The lowest BCUT2D eigenvalue weighted by Crippen LogP contribution is -2.13. The van der Waals surface area contributed by atoms with Crippen molar-refractivity contribution in [2.75, 3.05) is 33.5 Å². The van der Waals surface area contributed by atoms with Crippen LogP contribution in [0.1, 0.15) is 26.2 Å². The number of carbonyl (C=O) groups is 1. The molecule has 84 valence electrons. The molecule has 0 aliphatic rings. The lowest BCUT2D eigenvalue weighted by atomic mass is 10.3. The number of ether oxygens (including phenoxy) is 3. The van der Waals surface area contributed by atoms with Gasteiger partial charge in [0.05, 0.1) is 20.3 Å². The van der Waals surface area contributed by atoms with Crippen molar-refractivity contribution in [1.29, 1.82) is 0 Å². The lowest BCUT2D eigenvalue weighted by molar-refractivity contribution is -0.146. The van der Waals surface area contributed by atoms with Gasteiger partial charge in [0.15, 0.2) is 0 Å². The minimum atomic E-state index is -0.351. The van der Waals surface area contributed by atoms with E-state index in [9.17, 15) is 4.79 Å². The molecule has 4 heteroatoms. The molecule has 0 aliphatic carbocycles. The Morgan fingerprint density at radius 1 is 1.07 bits per heavy atom. The number of hydrogen-bond donors (Lipinski definition) is 0. The number of carbonyl (C=O) groups excluding carboxylic acids is 1. The van der Waals surface area contributed by atoms with Gasteiger partial charge in [0, 0.05) is 6.61 Å². The van der Waals surface area contributed by atoms with E-state index < -0.39 is 0 Å².